The summed E-state index contributed by atoms with van der Waals surface area (Å²) in [5, 5.41) is 6.68. The Hall–Kier alpha value is -1.69. The molecule has 3 nitrogen and oxygen atoms in total. The van der Waals surface area contributed by atoms with E-state index >= 15 is 0 Å². The molecule has 0 saturated carbocycles. The number of hydrogen-bond acceptors (Lipinski definition) is 2. The fraction of sp³-hybridized carbons (Fsp3) is 0.125. The lowest BCUT2D eigenvalue weighted by Gasteiger charge is -2.07. The number of nitrogens with zero attached hydrogens (tertiary/aromatic N) is 2. The van der Waals surface area contributed by atoms with Crippen molar-refractivity contribution >= 4 is 10.8 Å². The van der Waals surface area contributed by atoms with E-state index in [0.717, 1.165) is 22.2 Å². The predicted molar refractivity (Wildman–Crippen MR) is 74.2 cm³/mol. The minimum atomic E-state index is 0. The van der Waals surface area contributed by atoms with E-state index < -0.39 is 0 Å². The van der Waals surface area contributed by atoms with Gasteiger partial charge in [-0.2, -0.15) is 0 Å². The summed E-state index contributed by atoms with van der Waals surface area (Å²) in [6.45, 7) is 2.06. The van der Waals surface area contributed by atoms with E-state index in [4.69, 9.17) is 4.74 Å². The van der Waals surface area contributed by atoms with E-state index in [-0.39, 0.29) is 24.0 Å². The Labute approximate surface area is 135 Å². The summed E-state index contributed by atoms with van der Waals surface area (Å²) in [5.74, 6) is 1.43. The second-order valence-corrected chi connectivity index (χ2v) is 4.47. The zero-order chi connectivity index (χ0) is 13.2. The fourth-order valence-electron chi connectivity index (χ4n) is 2.10. The van der Waals surface area contributed by atoms with Crippen LogP contribution < -0.4 is 33.4 Å². The van der Waals surface area contributed by atoms with Gasteiger partial charge in [-0.3, -0.25) is 0 Å². The van der Waals surface area contributed by atoms with E-state index in [0.29, 0.717) is 5.88 Å². The molecule has 2 aromatic carbocycles. The lowest BCUT2D eigenvalue weighted by atomic mass is 10.1. The first-order valence-electron chi connectivity index (χ1n) is 6.24. The van der Waals surface area contributed by atoms with Crippen LogP contribution in [-0.4, -0.2) is 5.10 Å². The molecule has 4 heteroatoms. The van der Waals surface area contributed by atoms with Gasteiger partial charge in [0.05, 0.1) is 10.8 Å². The first kappa shape index (κ1) is 14.7. The third kappa shape index (κ3) is 2.75. The van der Waals surface area contributed by atoms with Gasteiger partial charge >= 0.3 is 0 Å². The minimum Gasteiger partial charge on any atom is -1.00 e. The Kier molecular flexibility index (Phi) is 4.54. The van der Waals surface area contributed by atoms with Crippen LogP contribution in [0.15, 0.2) is 54.6 Å². The van der Waals surface area contributed by atoms with E-state index in [2.05, 4.69) is 18.1 Å². The molecule has 0 unspecified atom stereocenters. The molecular formula is C16H15IN2O. The Morgan fingerprint density at radius 2 is 1.50 bits per heavy atom. The van der Waals surface area contributed by atoms with Crippen LogP contribution in [0.4, 0.5) is 0 Å². The Balaban J connectivity index is 0.00000147. The second-order valence-electron chi connectivity index (χ2n) is 4.47. The lowest BCUT2D eigenvalue weighted by molar-refractivity contribution is -0.735. The smallest absolute Gasteiger partial charge is 0.292 e. The summed E-state index contributed by atoms with van der Waals surface area (Å²) >= 11 is 0. The van der Waals surface area contributed by atoms with Crippen molar-refractivity contribution in [1.29, 1.82) is 0 Å². The molecule has 0 aliphatic heterocycles. The molecule has 0 aliphatic rings. The number of ether oxygens (including phenoxy) is 1. The summed E-state index contributed by atoms with van der Waals surface area (Å²) in [5.41, 5.74) is 1.12. The van der Waals surface area contributed by atoms with Gasteiger partial charge in [-0.05, 0) is 24.3 Å². The number of fused-ring (bicyclic) bond motifs is 1. The number of halogens is 1. The van der Waals surface area contributed by atoms with Gasteiger partial charge in [0.15, 0.2) is 7.05 Å². The summed E-state index contributed by atoms with van der Waals surface area (Å²) in [4.78, 5) is 0. The molecule has 0 bridgehead atoms. The number of rotatable bonds is 2. The molecule has 102 valence electrons. The molecule has 1 heterocycles. The fourth-order valence-corrected chi connectivity index (χ4v) is 2.10. The van der Waals surface area contributed by atoms with Crippen LogP contribution in [0.1, 0.15) is 5.69 Å². The zero-order valence-electron chi connectivity index (χ0n) is 11.4. The number of hydrogen-bond donors (Lipinski definition) is 0. The van der Waals surface area contributed by atoms with Gasteiger partial charge in [-0.1, -0.05) is 35.0 Å². The first-order chi connectivity index (χ1) is 9.25. The average Bonchev–Trinajstić information content (AvgIpc) is 2.46. The van der Waals surface area contributed by atoms with Crippen LogP contribution in [0.3, 0.4) is 0 Å². The lowest BCUT2D eigenvalue weighted by Crippen LogP contribution is -3.00. The van der Waals surface area contributed by atoms with Gasteiger partial charge in [0.1, 0.15) is 5.75 Å². The van der Waals surface area contributed by atoms with Crippen molar-refractivity contribution in [2.75, 3.05) is 0 Å². The highest BCUT2D eigenvalue weighted by Gasteiger charge is 2.15. The van der Waals surface area contributed by atoms with Gasteiger partial charge < -0.3 is 28.7 Å². The van der Waals surface area contributed by atoms with Crippen molar-refractivity contribution < 1.29 is 33.4 Å². The molecule has 0 radical (unpaired) electrons. The van der Waals surface area contributed by atoms with Crippen LogP contribution in [0.2, 0.25) is 0 Å². The maximum Gasteiger partial charge on any atom is 0.292 e. The molecule has 3 aromatic rings. The molecule has 1 aromatic heterocycles. The molecule has 0 spiro atoms. The van der Waals surface area contributed by atoms with E-state index in [1.807, 2.05) is 60.3 Å². The monoisotopic (exact) mass is 378 g/mol. The van der Waals surface area contributed by atoms with Crippen molar-refractivity contribution in [1.82, 2.24) is 5.10 Å². The van der Waals surface area contributed by atoms with Crippen molar-refractivity contribution in [2.24, 2.45) is 7.05 Å². The minimum absolute atomic E-state index is 0. The molecule has 0 N–H and O–H groups in total. The molecule has 0 saturated heterocycles. The van der Waals surface area contributed by atoms with Crippen LogP contribution >= 0.6 is 0 Å². The highest BCUT2D eigenvalue weighted by Crippen LogP contribution is 2.27. The second kappa shape index (κ2) is 6.17. The molecule has 0 atom stereocenters. The number of benzene rings is 2. The third-order valence-corrected chi connectivity index (χ3v) is 3.23. The predicted octanol–water partition coefficient (Wildman–Crippen LogP) is 0.164. The largest absolute Gasteiger partial charge is 1.00 e. The molecule has 0 fully saturated rings. The number of para-hydroxylation sites is 1. The number of aromatic nitrogens is 2. The van der Waals surface area contributed by atoms with Gasteiger partial charge in [-0.15, -0.1) is 0 Å². The van der Waals surface area contributed by atoms with E-state index in [1.54, 1.807) is 0 Å². The van der Waals surface area contributed by atoms with Crippen molar-refractivity contribution in [2.45, 2.75) is 6.92 Å². The summed E-state index contributed by atoms with van der Waals surface area (Å²) in [6.07, 6.45) is 0. The highest BCUT2D eigenvalue weighted by molar-refractivity contribution is 5.87. The van der Waals surface area contributed by atoms with Crippen molar-refractivity contribution in [3.63, 3.8) is 0 Å². The topological polar surface area (TPSA) is 26.0 Å². The average molecular weight is 378 g/mol. The van der Waals surface area contributed by atoms with Crippen LogP contribution in [0.25, 0.3) is 10.8 Å². The molecule has 3 rings (SSSR count). The number of aryl methyl sites for hydroxylation is 2. The molecule has 0 amide bonds. The highest BCUT2D eigenvalue weighted by atomic mass is 127. The van der Waals surface area contributed by atoms with Crippen LogP contribution in [-0.2, 0) is 7.05 Å². The van der Waals surface area contributed by atoms with Gasteiger partial charge in [0, 0.05) is 12.0 Å². The SMILES string of the molecule is Cc1c2ccccc2c(Oc2ccccc2)n[n+]1C.[I-]. The normalized spacial score (nSPS) is 10.1. The quantitative estimate of drug-likeness (QED) is 0.469. The van der Waals surface area contributed by atoms with E-state index in [1.165, 1.54) is 0 Å². The zero-order valence-corrected chi connectivity index (χ0v) is 13.5. The van der Waals surface area contributed by atoms with Crippen LogP contribution in [0, 0.1) is 6.92 Å². The van der Waals surface area contributed by atoms with Crippen LogP contribution in [0.5, 0.6) is 11.6 Å². The Morgan fingerprint density at radius 1 is 0.900 bits per heavy atom. The Morgan fingerprint density at radius 3 is 2.20 bits per heavy atom. The van der Waals surface area contributed by atoms with Gasteiger partial charge in [0.2, 0.25) is 5.69 Å². The summed E-state index contributed by atoms with van der Waals surface area (Å²) in [7, 11) is 1.93. The maximum atomic E-state index is 5.90. The standard InChI is InChI=1S/C16H15N2O.HI/c1-12-14-10-6-7-11-15(14)16(17-18(12)2)19-13-8-4-3-5-9-13;/h3-11H,1-2H3;1H/q+1;/p-1. The summed E-state index contributed by atoms with van der Waals surface area (Å²) in [6, 6.07) is 17.9. The van der Waals surface area contributed by atoms with E-state index in [9.17, 15) is 0 Å². The molecular weight excluding hydrogens is 363 g/mol. The van der Waals surface area contributed by atoms with Crippen molar-refractivity contribution in [3.05, 3.63) is 60.3 Å². The Bertz CT molecular complexity index is 729. The molecule has 0 aliphatic carbocycles. The van der Waals surface area contributed by atoms with Gasteiger partial charge in [-0.25, -0.2) is 0 Å². The first-order valence-corrected chi connectivity index (χ1v) is 6.24. The third-order valence-electron chi connectivity index (χ3n) is 3.23. The maximum absolute atomic E-state index is 5.90. The van der Waals surface area contributed by atoms with Crippen molar-refractivity contribution in [3.8, 4) is 11.6 Å². The van der Waals surface area contributed by atoms with Gasteiger partial charge in [0.25, 0.3) is 5.88 Å². The molecule has 20 heavy (non-hydrogen) atoms. The summed E-state index contributed by atoms with van der Waals surface area (Å²) < 4.78 is 7.74.